The Morgan fingerprint density at radius 2 is 1.46 bits per heavy atom. The molecule has 2 nitrogen and oxygen atoms in total. The molecule has 0 saturated carbocycles. The number of hydrogen-bond acceptors (Lipinski definition) is 2. The van der Waals surface area contributed by atoms with Crippen molar-refractivity contribution < 1.29 is 4.74 Å². The maximum atomic E-state index is 7.00. The summed E-state index contributed by atoms with van der Waals surface area (Å²) in [6.07, 6.45) is 3.51. The van der Waals surface area contributed by atoms with Crippen molar-refractivity contribution in [1.29, 1.82) is 0 Å². The van der Waals surface area contributed by atoms with E-state index in [4.69, 9.17) is 4.74 Å². The van der Waals surface area contributed by atoms with Gasteiger partial charge in [-0.2, -0.15) is 0 Å². The molecule has 0 unspecified atom stereocenters. The number of rotatable bonds is 7. The normalized spacial score (nSPS) is 22.8. The van der Waals surface area contributed by atoms with Crippen molar-refractivity contribution in [3.05, 3.63) is 71.8 Å². The van der Waals surface area contributed by atoms with Gasteiger partial charge in [-0.3, -0.25) is 4.90 Å². The van der Waals surface area contributed by atoms with Gasteiger partial charge < -0.3 is 4.74 Å². The van der Waals surface area contributed by atoms with Gasteiger partial charge in [-0.15, -0.1) is 0 Å². The Bertz CT molecular complexity index is 628. The molecule has 0 spiro atoms. The monoisotopic (exact) mass is 351 g/mol. The van der Waals surface area contributed by atoms with Crippen LogP contribution in [-0.4, -0.2) is 23.7 Å². The smallest absolute Gasteiger partial charge is 0.136 e. The lowest BCUT2D eigenvalue weighted by atomic mass is 9.77. The minimum absolute atomic E-state index is 0.175. The molecule has 1 heterocycles. The predicted molar refractivity (Wildman–Crippen MR) is 109 cm³/mol. The lowest BCUT2D eigenvalue weighted by Crippen LogP contribution is -2.45. The van der Waals surface area contributed by atoms with E-state index >= 15 is 0 Å². The SMILES string of the molecule is CCC[C@@H]1OC(c2ccccc2)(c2ccccc2)[C@H](CC(C)C)N1CC. The first-order valence-electron chi connectivity index (χ1n) is 10.2. The van der Waals surface area contributed by atoms with E-state index in [0.29, 0.717) is 12.0 Å². The van der Waals surface area contributed by atoms with Crippen LogP contribution >= 0.6 is 0 Å². The molecule has 26 heavy (non-hydrogen) atoms. The van der Waals surface area contributed by atoms with Gasteiger partial charge in [-0.25, -0.2) is 0 Å². The van der Waals surface area contributed by atoms with Crippen LogP contribution in [0.5, 0.6) is 0 Å². The van der Waals surface area contributed by atoms with E-state index in [1.165, 1.54) is 11.1 Å². The molecular weight excluding hydrogens is 318 g/mol. The van der Waals surface area contributed by atoms with Crippen molar-refractivity contribution in [1.82, 2.24) is 4.90 Å². The molecule has 0 aromatic heterocycles. The van der Waals surface area contributed by atoms with Crippen LogP contribution < -0.4 is 0 Å². The molecule has 140 valence electrons. The van der Waals surface area contributed by atoms with Crippen LogP contribution in [0.25, 0.3) is 0 Å². The summed E-state index contributed by atoms with van der Waals surface area (Å²) in [5.41, 5.74) is 2.14. The van der Waals surface area contributed by atoms with E-state index in [9.17, 15) is 0 Å². The first kappa shape index (κ1) is 19.1. The average molecular weight is 352 g/mol. The first-order valence-corrected chi connectivity index (χ1v) is 10.2. The fourth-order valence-electron chi connectivity index (χ4n) is 4.50. The Labute approximate surface area is 159 Å². The summed E-state index contributed by atoms with van der Waals surface area (Å²) < 4.78 is 7.00. The molecule has 0 bridgehead atoms. The maximum Gasteiger partial charge on any atom is 0.136 e. The third kappa shape index (κ3) is 3.45. The number of likely N-dealkylation sites (N-methyl/N-ethyl adjacent to an activating group) is 1. The molecule has 2 heteroatoms. The van der Waals surface area contributed by atoms with Gasteiger partial charge in [-0.1, -0.05) is 94.8 Å². The summed E-state index contributed by atoms with van der Waals surface area (Å²) in [7, 11) is 0. The molecule has 0 aliphatic carbocycles. The Balaban J connectivity index is 2.19. The van der Waals surface area contributed by atoms with Crippen LogP contribution in [-0.2, 0) is 10.3 Å². The molecular formula is C24H33NO. The molecule has 1 fully saturated rings. The van der Waals surface area contributed by atoms with Crippen LogP contribution in [0.3, 0.4) is 0 Å². The van der Waals surface area contributed by atoms with Gasteiger partial charge in [0.15, 0.2) is 0 Å². The van der Waals surface area contributed by atoms with Crippen molar-refractivity contribution >= 4 is 0 Å². The Morgan fingerprint density at radius 1 is 0.923 bits per heavy atom. The zero-order valence-electron chi connectivity index (χ0n) is 16.7. The van der Waals surface area contributed by atoms with Crippen molar-refractivity contribution in [3.8, 4) is 0 Å². The minimum atomic E-state index is -0.400. The fraction of sp³-hybridized carbons (Fsp3) is 0.500. The Hall–Kier alpha value is -1.64. The quantitative estimate of drug-likeness (QED) is 0.623. The van der Waals surface area contributed by atoms with Crippen molar-refractivity contribution in [3.63, 3.8) is 0 Å². The molecule has 1 aliphatic heterocycles. The molecule has 1 aliphatic rings. The molecule has 0 amide bonds. The number of benzene rings is 2. The van der Waals surface area contributed by atoms with E-state index in [0.717, 1.165) is 25.8 Å². The van der Waals surface area contributed by atoms with E-state index in [2.05, 4.69) is 93.3 Å². The second kappa shape index (κ2) is 8.37. The fourth-order valence-corrected chi connectivity index (χ4v) is 4.50. The third-order valence-corrected chi connectivity index (χ3v) is 5.56. The molecule has 3 rings (SSSR count). The van der Waals surface area contributed by atoms with Gasteiger partial charge in [0.25, 0.3) is 0 Å². The van der Waals surface area contributed by atoms with Gasteiger partial charge in [0.1, 0.15) is 11.8 Å². The summed E-state index contributed by atoms with van der Waals surface area (Å²) in [6.45, 7) is 10.2. The van der Waals surface area contributed by atoms with E-state index < -0.39 is 5.60 Å². The average Bonchev–Trinajstić information content (AvgIpc) is 2.97. The molecule has 2 atom stereocenters. The van der Waals surface area contributed by atoms with E-state index in [-0.39, 0.29) is 6.23 Å². The van der Waals surface area contributed by atoms with Crippen LogP contribution in [0.15, 0.2) is 60.7 Å². The Morgan fingerprint density at radius 3 is 1.88 bits per heavy atom. The highest BCUT2D eigenvalue weighted by Gasteiger charge is 2.54. The van der Waals surface area contributed by atoms with Crippen LogP contribution in [0.4, 0.5) is 0 Å². The van der Waals surface area contributed by atoms with Gasteiger partial charge >= 0.3 is 0 Å². The lowest BCUT2D eigenvalue weighted by Gasteiger charge is -2.38. The topological polar surface area (TPSA) is 12.5 Å². The minimum Gasteiger partial charge on any atom is -0.346 e. The summed E-state index contributed by atoms with van der Waals surface area (Å²) >= 11 is 0. The van der Waals surface area contributed by atoms with Crippen molar-refractivity contribution in [2.75, 3.05) is 6.54 Å². The van der Waals surface area contributed by atoms with Gasteiger partial charge in [-0.05, 0) is 36.4 Å². The van der Waals surface area contributed by atoms with Gasteiger partial charge in [0.05, 0.1) is 0 Å². The molecule has 2 aromatic carbocycles. The maximum absolute atomic E-state index is 7.00. The zero-order chi connectivity index (χ0) is 18.6. The molecule has 2 aromatic rings. The van der Waals surface area contributed by atoms with Gasteiger partial charge in [0.2, 0.25) is 0 Å². The Kier molecular flexibility index (Phi) is 6.16. The first-order chi connectivity index (χ1) is 12.6. The highest BCUT2D eigenvalue weighted by Crippen LogP contribution is 2.48. The predicted octanol–water partition coefficient (Wildman–Crippen LogP) is 5.82. The second-order valence-corrected chi connectivity index (χ2v) is 7.80. The zero-order valence-corrected chi connectivity index (χ0v) is 16.7. The summed E-state index contributed by atoms with van der Waals surface area (Å²) in [5, 5.41) is 0. The number of nitrogens with zero attached hydrogens (tertiary/aromatic N) is 1. The number of hydrogen-bond donors (Lipinski definition) is 0. The van der Waals surface area contributed by atoms with E-state index in [1.807, 2.05) is 0 Å². The van der Waals surface area contributed by atoms with Crippen molar-refractivity contribution in [2.45, 2.75) is 64.8 Å². The lowest BCUT2D eigenvalue weighted by molar-refractivity contribution is -0.0450. The van der Waals surface area contributed by atoms with Gasteiger partial charge in [0, 0.05) is 6.04 Å². The summed E-state index contributed by atoms with van der Waals surface area (Å²) in [6, 6.07) is 22.0. The highest BCUT2D eigenvalue weighted by atomic mass is 16.5. The largest absolute Gasteiger partial charge is 0.346 e. The highest BCUT2D eigenvalue weighted by molar-refractivity contribution is 5.40. The second-order valence-electron chi connectivity index (χ2n) is 7.80. The van der Waals surface area contributed by atoms with Crippen LogP contribution in [0, 0.1) is 5.92 Å². The molecule has 1 saturated heterocycles. The van der Waals surface area contributed by atoms with Crippen molar-refractivity contribution in [2.24, 2.45) is 5.92 Å². The molecule has 0 radical (unpaired) electrons. The van der Waals surface area contributed by atoms with Crippen LogP contribution in [0.1, 0.15) is 58.1 Å². The van der Waals surface area contributed by atoms with Crippen LogP contribution in [0.2, 0.25) is 0 Å². The molecule has 0 N–H and O–H groups in total. The summed E-state index contributed by atoms with van der Waals surface area (Å²) in [5.74, 6) is 0.616. The number of ether oxygens (including phenoxy) is 1. The summed E-state index contributed by atoms with van der Waals surface area (Å²) in [4.78, 5) is 2.60. The standard InChI is InChI=1S/C24H33NO/c1-5-13-23-25(6-2)22(18-19(3)4)24(26-23,20-14-9-7-10-15-20)21-16-11-8-12-17-21/h7-12,14-17,19,22-23H,5-6,13,18H2,1-4H3/t22-,23-/m0/s1. The third-order valence-electron chi connectivity index (χ3n) is 5.56. The van der Waals surface area contributed by atoms with E-state index in [1.54, 1.807) is 0 Å².